The molecule has 0 saturated carbocycles. The molecule has 8 fully saturated rings. The van der Waals surface area contributed by atoms with Crippen LogP contribution in [0.4, 0.5) is 0 Å². The van der Waals surface area contributed by atoms with Crippen molar-refractivity contribution in [1.29, 1.82) is 0 Å². The van der Waals surface area contributed by atoms with Gasteiger partial charge in [0, 0.05) is 49.7 Å². The average molecular weight is 2150 g/mol. The van der Waals surface area contributed by atoms with Crippen LogP contribution in [0.15, 0.2) is 119 Å². The molecule has 0 spiro atoms. The number of rotatable bonds is 39. The quantitative estimate of drug-likeness (QED) is 0.00987. The van der Waals surface area contributed by atoms with Crippen molar-refractivity contribution in [1.82, 2.24) is 4.83 Å². The molecule has 52 nitrogen and oxygen atoms in total. The van der Waals surface area contributed by atoms with Gasteiger partial charge < -0.3 is 219 Å². The molecule has 0 aliphatic carbocycles. The summed E-state index contributed by atoms with van der Waals surface area (Å²) in [6.07, 6.45) is -60.8. The first-order chi connectivity index (χ1) is 70.5. The van der Waals surface area contributed by atoms with Gasteiger partial charge in [0.1, 0.15) is 182 Å². The van der Waals surface area contributed by atoms with Crippen LogP contribution < -0.4 is 14.3 Å². The third-order valence-electron chi connectivity index (χ3n) is 27.3. The standard InChI is InChI=1S/2C37H50O19.C22H34N2O12S/c1-16-22(41)12-37(36(49)50,56-33(16)27(43)23(42)13-38)52-15-26-29(45)30(46)32(48)35(54-26)55-34-25(14-39)53-24(28(44)31(34)47)11-20(40)7-4-17-3-5-19-10-21(51-2)8-6-18(19)9-17;1-16-22(42)12-37(36(49)50,55-32(16)27(44)23(43)13-38)56-34-29(46)25(14-39)53-35(31(34)48)54-33-26(15-40)52-24(28(45)30(33)47)11-20(41)7-4-17-3-5-19-10-21(51-2)8-6-18(19)9-17;1-10-3-5-12(6-4-10)37(32,33)24-23-11(2)7-13-16(27)19(30)21(15(9-26)34-13)36-22-20(31)18(29)17(28)14(8-25)35-22/h3-10,16,22-35,38-39,41-48H,11-15H2,1-2H3,(H,49,50);3-10,16,22-35,38-40,42-48H,11-15H2,1-2H3,(H,49,50);3-6,13-22,24-31H,7-9H2,1-2H3/b2*7-4+;23-11+/t16-,22-,23-,24+,25?,26?,27-,28?,29+,30+,31-,32?,33?,34-,35+,37-;16-,22-,23-,24+,25?,26?,27-,28?,29+,30-,31?,32?,33-,34+,35+,37+;13-,14+,15+,16-,17-,18-,19+,20+,21+,22-/m110/s1. The largest absolute Gasteiger partial charge is 0.497 e. The monoisotopic (exact) mass is 2150 g/mol. The topological polar surface area (TPSA) is 852 Å². The molecule has 8 aliphatic rings. The molecule has 13 rings (SSSR count). The van der Waals surface area contributed by atoms with Gasteiger partial charge in [-0.05, 0) is 107 Å². The first-order valence-corrected chi connectivity index (χ1v) is 49.1. The van der Waals surface area contributed by atoms with Gasteiger partial charge in [-0.1, -0.05) is 80.1 Å². The molecule has 8 aliphatic heterocycles. The summed E-state index contributed by atoms with van der Waals surface area (Å²) in [5, 5.41) is 308. The number of sulfonamides is 1. The Labute approximate surface area is 851 Å². The number of fused-ring (bicyclic) bond motifs is 2. The maximum absolute atomic E-state index is 12.9. The van der Waals surface area contributed by atoms with Crippen molar-refractivity contribution in [3.8, 4) is 11.5 Å². The summed E-state index contributed by atoms with van der Waals surface area (Å²) in [6.45, 7) is -0.651. The van der Waals surface area contributed by atoms with E-state index in [-0.39, 0.29) is 17.0 Å². The zero-order valence-electron chi connectivity index (χ0n) is 81.2. The number of aliphatic carboxylic acids is 2. The number of ether oxygens (including phenoxy) is 15. The molecule has 53 heteroatoms. The Morgan fingerprint density at radius 2 is 0.779 bits per heavy atom. The van der Waals surface area contributed by atoms with Crippen molar-refractivity contribution in [2.75, 3.05) is 67.1 Å². The van der Waals surface area contributed by atoms with Gasteiger partial charge in [-0.15, -0.1) is 0 Å². The number of carbonyl (C=O) groups is 4. The van der Waals surface area contributed by atoms with E-state index in [0.717, 1.165) is 27.1 Å². The van der Waals surface area contributed by atoms with Crippen LogP contribution in [0.25, 0.3) is 33.7 Å². The number of benzene rings is 5. The molecule has 8 saturated heterocycles. The van der Waals surface area contributed by atoms with Gasteiger partial charge in [0.05, 0.1) is 115 Å². The Kier molecular flexibility index (Phi) is 43.3. The number of aliphatic hydroxyl groups excluding tert-OH is 27. The van der Waals surface area contributed by atoms with E-state index in [1.165, 1.54) is 45.1 Å². The molecule has 42 atom stereocenters. The fourth-order valence-corrected chi connectivity index (χ4v) is 19.1. The maximum atomic E-state index is 12.9. The Morgan fingerprint density at radius 3 is 1.17 bits per heavy atom. The SMILES string of the molecule is C/C(C[C@@H]1O[C@H](CO)[C@@H](O[C@@H]2O[C@H](CO)[C@H](O)[C@H](O)[C@H]2O)[C@H](O)[C@H]1O)=N\NS(=O)(=O)c1ccc(C)cc1.COc1ccc2cc(/C=C/C(=O)C[C@@H]3OC(CO)[C@@H](O[C@@H]4OC(CO)[C@H](O)[C@H](O[C@]5(C(=O)O)C[C@@H](O)[C@@H](C)C([C@H](O)[C@H](O)CO)O5)C4O)[C@H](O)C3O)ccc2c1.COc1ccc2cc(/C=C/C(=O)C[C@@H]3OC(CO)[C@@H](O[C@@H]4OC(CO[C@]5(C(=O)O)C[C@@H](O)[C@@H](C)C([C@H](O)[C@H](O)CO)O5)[C@H](O)[C@H](O)C4O)[C@H](O)C3O)ccc2c1. The molecule has 5 aromatic rings. The zero-order chi connectivity index (χ0) is 110. The van der Waals surface area contributed by atoms with Crippen molar-refractivity contribution < 1.29 is 247 Å². The van der Waals surface area contributed by atoms with E-state index in [1.54, 1.807) is 62.8 Å². The van der Waals surface area contributed by atoms with Crippen LogP contribution in [0.5, 0.6) is 11.5 Å². The predicted octanol–water partition coefficient (Wildman–Crippen LogP) is -9.71. The molecule has 0 amide bonds. The predicted molar refractivity (Wildman–Crippen MR) is 503 cm³/mol. The number of carbonyl (C=O) groups excluding carboxylic acids is 2. The lowest BCUT2D eigenvalue weighted by Gasteiger charge is -2.50. The van der Waals surface area contributed by atoms with E-state index in [0.29, 0.717) is 22.6 Å². The van der Waals surface area contributed by atoms with E-state index in [2.05, 4.69) is 9.93 Å². The van der Waals surface area contributed by atoms with Gasteiger partial charge in [0.25, 0.3) is 21.6 Å². The highest BCUT2D eigenvalue weighted by molar-refractivity contribution is 7.89. The molecule has 149 heavy (non-hydrogen) atoms. The second-order valence-electron chi connectivity index (χ2n) is 37.7. The first kappa shape index (κ1) is 121. The third kappa shape index (κ3) is 28.6. The van der Waals surface area contributed by atoms with Gasteiger partial charge in [-0.25, -0.2) is 14.4 Å². The number of allylic oxidation sites excluding steroid dienone is 2. The summed E-state index contributed by atoms with van der Waals surface area (Å²) >= 11 is 0. The number of nitrogens with zero attached hydrogens (tertiary/aromatic N) is 1. The van der Waals surface area contributed by atoms with Crippen LogP contribution in [-0.2, 0) is 90.8 Å². The number of aryl methyl sites for hydroxylation is 1. The lowest BCUT2D eigenvalue weighted by atomic mass is 9.84. The number of hydrazone groups is 1. The normalized spacial score (nSPS) is 37.6. The number of nitrogens with one attached hydrogen (secondary N) is 1. The first-order valence-electron chi connectivity index (χ1n) is 47.6. The number of methoxy groups -OCH3 is 2. The Hall–Kier alpha value is -8.20. The molecule has 10 unspecified atom stereocenters. The fourth-order valence-electron chi connectivity index (χ4n) is 18.2. The minimum Gasteiger partial charge on any atom is -0.497 e. The summed E-state index contributed by atoms with van der Waals surface area (Å²) in [7, 11) is -0.815. The Balaban J connectivity index is 0.000000217. The van der Waals surface area contributed by atoms with Crippen LogP contribution in [-0.4, -0.2) is 497 Å². The molecule has 0 radical (unpaired) electrons. The van der Waals surface area contributed by atoms with Gasteiger partial charge in [0.2, 0.25) is 0 Å². The number of hydrogen-bond acceptors (Lipinski definition) is 49. The second kappa shape index (κ2) is 53.3. The van der Waals surface area contributed by atoms with Crippen LogP contribution in [0.3, 0.4) is 0 Å². The molecular formula is C96H134N2O50S. The maximum Gasteiger partial charge on any atom is 0.364 e. The van der Waals surface area contributed by atoms with E-state index in [9.17, 15) is 176 Å². The van der Waals surface area contributed by atoms with Crippen LogP contribution in [0.2, 0.25) is 0 Å². The number of ketones is 2. The Morgan fingerprint density at radius 1 is 0.423 bits per heavy atom. The minimum absolute atomic E-state index is 0.00699. The van der Waals surface area contributed by atoms with Crippen LogP contribution >= 0.6 is 0 Å². The van der Waals surface area contributed by atoms with Crippen molar-refractivity contribution in [2.45, 2.75) is 309 Å². The molecule has 834 valence electrons. The van der Waals surface area contributed by atoms with Gasteiger partial charge in [-0.3, -0.25) is 9.59 Å². The summed E-state index contributed by atoms with van der Waals surface area (Å²) in [6, 6.07) is 28.2. The Bertz CT molecular complexity index is 5380. The number of carboxylic acid groups (broad SMARTS) is 2. The van der Waals surface area contributed by atoms with E-state index in [4.69, 9.17) is 71.1 Å². The summed E-state index contributed by atoms with van der Waals surface area (Å²) in [5.41, 5.74) is 2.50. The molecule has 30 N–H and O–H groups in total. The number of hydrogen-bond donors (Lipinski definition) is 30. The van der Waals surface area contributed by atoms with Gasteiger partial charge in [0.15, 0.2) is 30.4 Å². The smallest absolute Gasteiger partial charge is 0.364 e. The molecule has 8 heterocycles. The lowest BCUT2D eigenvalue weighted by Crippen LogP contribution is -2.68. The van der Waals surface area contributed by atoms with Crippen molar-refractivity contribution >= 4 is 72.9 Å². The van der Waals surface area contributed by atoms with Gasteiger partial charge in [-0.2, -0.15) is 13.5 Å². The molecule has 5 aromatic carbocycles. The molecular weight excluding hydrogens is 2010 g/mol. The zero-order valence-corrected chi connectivity index (χ0v) is 82.0. The van der Waals surface area contributed by atoms with E-state index >= 15 is 0 Å². The van der Waals surface area contributed by atoms with Crippen molar-refractivity contribution in [3.05, 3.63) is 126 Å². The highest BCUT2D eigenvalue weighted by Crippen LogP contribution is 2.44. The number of carboxylic acids is 2. The molecule has 0 aromatic heterocycles. The van der Waals surface area contributed by atoms with Gasteiger partial charge >= 0.3 is 11.9 Å². The average Bonchev–Trinajstić information content (AvgIpc) is 0.770. The lowest BCUT2D eigenvalue weighted by molar-refractivity contribution is -0.383. The number of aliphatic hydroxyl groups is 27. The van der Waals surface area contributed by atoms with Crippen LogP contribution in [0, 0.1) is 18.8 Å². The highest BCUT2D eigenvalue weighted by Gasteiger charge is 2.62. The molecule has 0 bridgehead atoms. The van der Waals surface area contributed by atoms with Crippen molar-refractivity contribution in [2.24, 2.45) is 16.9 Å². The third-order valence-corrected chi connectivity index (χ3v) is 28.5. The minimum atomic E-state index is -3.94. The van der Waals surface area contributed by atoms with Crippen LogP contribution in [0.1, 0.15) is 69.6 Å². The fraction of sp³-hybridized carbons (Fsp3) is 0.635. The summed E-state index contributed by atoms with van der Waals surface area (Å²) < 4.78 is 108. The van der Waals surface area contributed by atoms with E-state index < -0.39 is 368 Å². The summed E-state index contributed by atoms with van der Waals surface area (Å²) in [4.78, 5) is 53.1. The van der Waals surface area contributed by atoms with Crippen molar-refractivity contribution in [3.63, 3.8) is 0 Å². The highest BCUT2D eigenvalue weighted by atomic mass is 32.2. The second-order valence-corrected chi connectivity index (χ2v) is 39.3. The summed E-state index contributed by atoms with van der Waals surface area (Å²) in [5.74, 6) is -10.8. The van der Waals surface area contributed by atoms with E-state index in [1.807, 2.05) is 55.5 Å².